The SMILES string of the molecule is NC(=O)CC(N=C1C(=O)OC(C(O)CO)C1=NC(CC(N)=O)C(=O)O)C(=O)O. The highest BCUT2D eigenvalue weighted by molar-refractivity contribution is 6.69. The Labute approximate surface area is 156 Å². The summed E-state index contributed by atoms with van der Waals surface area (Å²) >= 11 is 0. The second kappa shape index (κ2) is 9.52. The maximum absolute atomic E-state index is 12.1. The summed E-state index contributed by atoms with van der Waals surface area (Å²) in [5.41, 5.74) is 8.47. The Balaban J connectivity index is 3.50. The summed E-state index contributed by atoms with van der Waals surface area (Å²) in [5.74, 6) is -6.62. The first-order valence-corrected chi connectivity index (χ1v) is 7.65. The summed E-state index contributed by atoms with van der Waals surface area (Å²) in [4.78, 5) is 63.8. The lowest BCUT2D eigenvalue weighted by Gasteiger charge is -2.16. The van der Waals surface area contributed by atoms with Gasteiger partial charge < -0.3 is 36.6 Å². The van der Waals surface area contributed by atoms with E-state index in [1.54, 1.807) is 0 Å². The molecule has 1 heterocycles. The first-order chi connectivity index (χ1) is 13.0. The van der Waals surface area contributed by atoms with Crippen molar-refractivity contribution in [2.24, 2.45) is 21.5 Å². The average Bonchev–Trinajstić information content (AvgIpc) is 2.88. The zero-order valence-corrected chi connectivity index (χ0v) is 14.2. The number of aliphatic imine (C=N–C) groups is 2. The van der Waals surface area contributed by atoms with Crippen LogP contribution < -0.4 is 11.5 Å². The Kier molecular flexibility index (Phi) is 7.70. The van der Waals surface area contributed by atoms with Crippen LogP contribution in [0, 0.1) is 0 Å². The molecule has 0 spiro atoms. The number of cyclic esters (lactones) is 1. The number of carbonyl (C=O) groups is 5. The summed E-state index contributed by atoms with van der Waals surface area (Å²) in [6.45, 7) is -0.929. The molecule has 0 radical (unpaired) electrons. The lowest BCUT2D eigenvalue weighted by molar-refractivity contribution is -0.140. The fourth-order valence-corrected chi connectivity index (χ4v) is 2.16. The predicted molar refractivity (Wildman–Crippen MR) is 88.3 cm³/mol. The minimum Gasteiger partial charge on any atom is -0.480 e. The van der Waals surface area contributed by atoms with Crippen LogP contribution in [0.5, 0.6) is 0 Å². The molecule has 4 atom stereocenters. The number of aliphatic carboxylic acids is 2. The van der Waals surface area contributed by atoms with Crippen LogP contribution in [0.1, 0.15) is 12.8 Å². The van der Waals surface area contributed by atoms with Gasteiger partial charge in [-0.05, 0) is 0 Å². The number of rotatable bonds is 10. The standard InChI is InChI=1S/C14H18N4O10/c15-7(21)1-4(12(23)24)17-9-10(14(27)28-11(9)6(20)3-19)18-5(13(25)26)2-8(16)22/h4-6,11,19-20H,1-3H2,(H2,15,21)(H2,16,22)(H,23,24)(H,25,26). The van der Waals surface area contributed by atoms with Crippen molar-refractivity contribution in [1.82, 2.24) is 0 Å². The van der Waals surface area contributed by atoms with Crippen LogP contribution in [0.25, 0.3) is 0 Å². The molecule has 8 N–H and O–H groups in total. The van der Waals surface area contributed by atoms with Gasteiger partial charge in [-0.3, -0.25) is 19.6 Å². The minimum atomic E-state index is -1.82. The number of carboxylic acid groups (broad SMARTS) is 2. The molecule has 2 amide bonds. The first kappa shape index (κ1) is 22.7. The van der Waals surface area contributed by atoms with Crippen molar-refractivity contribution < 1.29 is 49.1 Å². The summed E-state index contributed by atoms with van der Waals surface area (Å²) in [7, 11) is 0. The van der Waals surface area contributed by atoms with E-state index in [0.29, 0.717) is 0 Å². The Morgan fingerprint density at radius 3 is 1.86 bits per heavy atom. The smallest absolute Gasteiger partial charge is 0.359 e. The Bertz CT molecular complexity index is 746. The summed E-state index contributed by atoms with van der Waals surface area (Å²) in [6, 6.07) is -3.63. The second-order valence-corrected chi connectivity index (χ2v) is 5.62. The number of nitrogens with zero attached hydrogens (tertiary/aromatic N) is 2. The molecule has 0 aliphatic carbocycles. The molecule has 4 unspecified atom stereocenters. The highest BCUT2D eigenvalue weighted by Crippen LogP contribution is 2.18. The van der Waals surface area contributed by atoms with E-state index in [0.717, 1.165) is 0 Å². The van der Waals surface area contributed by atoms with Gasteiger partial charge in [-0.15, -0.1) is 0 Å². The summed E-state index contributed by atoms with van der Waals surface area (Å²) in [5, 5.41) is 37.1. The number of aliphatic hydroxyl groups is 2. The molecule has 0 aromatic carbocycles. The van der Waals surface area contributed by atoms with E-state index >= 15 is 0 Å². The van der Waals surface area contributed by atoms with E-state index in [9.17, 15) is 29.1 Å². The van der Waals surface area contributed by atoms with Crippen LogP contribution in [-0.4, -0.2) is 92.5 Å². The van der Waals surface area contributed by atoms with Gasteiger partial charge in [-0.25, -0.2) is 14.4 Å². The molecule has 0 bridgehead atoms. The Morgan fingerprint density at radius 1 is 1.00 bits per heavy atom. The second-order valence-electron chi connectivity index (χ2n) is 5.62. The molecule has 154 valence electrons. The fourth-order valence-electron chi connectivity index (χ4n) is 2.16. The number of ether oxygens (including phenoxy) is 1. The summed E-state index contributed by atoms with van der Waals surface area (Å²) < 4.78 is 4.78. The Morgan fingerprint density at radius 2 is 1.46 bits per heavy atom. The fraction of sp³-hybridized carbons (Fsp3) is 0.500. The molecule has 1 fully saturated rings. The van der Waals surface area contributed by atoms with E-state index in [-0.39, 0.29) is 0 Å². The highest BCUT2D eigenvalue weighted by atomic mass is 16.6. The van der Waals surface area contributed by atoms with Gasteiger partial charge >= 0.3 is 17.9 Å². The molecule has 14 heteroatoms. The largest absolute Gasteiger partial charge is 0.480 e. The number of primary amides is 2. The van der Waals surface area contributed by atoms with Gasteiger partial charge in [0.1, 0.15) is 11.8 Å². The van der Waals surface area contributed by atoms with Crippen molar-refractivity contribution in [1.29, 1.82) is 0 Å². The van der Waals surface area contributed by atoms with Crippen LogP contribution in [0.3, 0.4) is 0 Å². The maximum Gasteiger partial charge on any atom is 0.359 e. The first-order valence-electron chi connectivity index (χ1n) is 7.65. The van der Waals surface area contributed by atoms with E-state index in [1.165, 1.54) is 0 Å². The summed E-state index contributed by atoms with van der Waals surface area (Å²) in [6.07, 6.45) is -5.02. The number of hydrogen-bond acceptors (Lipinski definition) is 10. The van der Waals surface area contributed by atoms with Gasteiger partial charge in [0.2, 0.25) is 11.8 Å². The van der Waals surface area contributed by atoms with Gasteiger partial charge in [0.15, 0.2) is 23.9 Å². The van der Waals surface area contributed by atoms with Gasteiger partial charge in [0, 0.05) is 0 Å². The lowest BCUT2D eigenvalue weighted by Crippen LogP contribution is -2.38. The number of amides is 2. The molecular formula is C14H18N4O10. The van der Waals surface area contributed by atoms with Gasteiger partial charge in [0.25, 0.3) is 0 Å². The molecule has 1 aliphatic heterocycles. The van der Waals surface area contributed by atoms with Crippen molar-refractivity contribution in [3.8, 4) is 0 Å². The zero-order valence-electron chi connectivity index (χ0n) is 14.2. The van der Waals surface area contributed by atoms with Crippen molar-refractivity contribution >= 4 is 41.1 Å². The van der Waals surface area contributed by atoms with Crippen molar-refractivity contribution in [3.63, 3.8) is 0 Å². The van der Waals surface area contributed by atoms with E-state index in [2.05, 4.69) is 9.98 Å². The van der Waals surface area contributed by atoms with Crippen LogP contribution in [-0.2, 0) is 28.7 Å². The molecule has 0 aromatic heterocycles. The van der Waals surface area contributed by atoms with Gasteiger partial charge in [-0.1, -0.05) is 0 Å². The average molecular weight is 402 g/mol. The minimum absolute atomic E-state index is 0.615. The van der Waals surface area contributed by atoms with E-state index < -0.39 is 84.9 Å². The van der Waals surface area contributed by atoms with Crippen molar-refractivity contribution in [3.05, 3.63) is 0 Å². The molecule has 14 nitrogen and oxygen atoms in total. The third kappa shape index (κ3) is 5.82. The third-order valence-corrected chi connectivity index (χ3v) is 3.42. The third-order valence-electron chi connectivity index (χ3n) is 3.42. The van der Waals surface area contributed by atoms with Crippen LogP contribution >= 0.6 is 0 Å². The van der Waals surface area contributed by atoms with Crippen molar-refractivity contribution in [2.45, 2.75) is 37.1 Å². The molecule has 0 saturated carbocycles. The van der Waals surface area contributed by atoms with Crippen molar-refractivity contribution in [2.75, 3.05) is 6.61 Å². The van der Waals surface area contributed by atoms with Crippen LogP contribution in [0.2, 0.25) is 0 Å². The number of esters is 1. The molecular weight excluding hydrogens is 384 g/mol. The van der Waals surface area contributed by atoms with Crippen LogP contribution in [0.15, 0.2) is 9.98 Å². The molecule has 1 rings (SSSR count). The number of carbonyl (C=O) groups excluding carboxylic acids is 3. The number of carboxylic acids is 2. The Hall–Kier alpha value is -3.39. The molecule has 0 aromatic rings. The topological polar surface area (TPSA) is 252 Å². The highest BCUT2D eigenvalue weighted by Gasteiger charge is 2.44. The zero-order chi connectivity index (χ0) is 21.6. The normalized spacial score (nSPS) is 22.5. The van der Waals surface area contributed by atoms with Crippen LogP contribution in [0.4, 0.5) is 0 Å². The number of hydrogen-bond donors (Lipinski definition) is 6. The van der Waals surface area contributed by atoms with Gasteiger partial charge in [0.05, 0.1) is 19.4 Å². The van der Waals surface area contributed by atoms with E-state index in [4.69, 9.17) is 31.5 Å². The number of nitrogens with two attached hydrogens (primary N) is 2. The molecule has 28 heavy (non-hydrogen) atoms. The van der Waals surface area contributed by atoms with Gasteiger partial charge in [-0.2, -0.15) is 0 Å². The number of aliphatic hydroxyl groups excluding tert-OH is 2. The molecule has 1 saturated heterocycles. The van der Waals surface area contributed by atoms with E-state index in [1.807, 2.05) is 0 Å². The monoisotopic (exact) mass is 402 g/mol. The maximum atomic E-state index is 12.1. The quantitative estimate of drug-likeness (QED) is 0.192. The predicted octanol–water partition coefficient (Wildman–Crippen LogP) is -4.20. The lowest BCUT2D eigenvalue weighted by atomic mass is 10.1. The molecule has 1 aliphatic rings.